The minimum absolute atomic E-state index is 0. The molecule has 24 heavy (non-hydrogen) atoms. The average Bonchev–Trinajstić information content (AvgIpc) is 2.74. The Labute approximate surface area is 154 Å². The minimum Gasteiger partial charge on any atom is -0.480 e. The summed E-state index contributed by atoms with van der Waals surface area (Å²) in [6.45, 7) is 4.02. The van der Waals surface area contributed by atoms with Gasteiger partial charge in [0.05, 0.1) is 11.6 Å². The van der Waals surface area contributed by atoms with Gasteiger partial charge in [0.2, 0.25) is 0 Å². The predicted octanol–water partition coefficient (Wildman–Crippen LogP) is 3.83. The first-order chi connectivity index (χ1) is 10.9. The molecule has 1 fully saturated rings. The van der Waals surface area contributed by atoms with Crippen LogP contribution in [-0.4, -0.2) is 53.6 Å². The predicted molar refractivity (Wildman–Crippen MR) is 96.6 cm³/mol. The normalized spacial score (nSPS) is 20.3. The Morgan fingerprint density at radius 2 is 2.17 bits per heavy atom. The van der Waals surface area contributed by atoms with Crippen molar-refractivity contribution in [3.05, 3.63) is 34.6 Å². The van der Waals surface area contributed by atoms with E-state index in [-0.39, 0.29) is 30.0 Å². The van der Waals surface area contributed by atoms with Gasteiger partial charge in [0, 0.05) is 18.6 Å². The number of carbonyl (C=O) groups is 1. The largest absolute Gasteiger partial charge is 0.480 e. The van der Waals surface area contributed by atoms with Gasteiger partial charge in [-0.3, -0.25) is 14.6 Å². The number of carboxylic acid groups (broad SMARTS) is 1. The fourth-order valence-electron chi connectivity index (χ4n) is 3.25. The molecule has 1 saturated heterocycles. The highest BCUT2D eigenvalue weighted by Gasteiger charge is 2.24. The molecule has 7 heteroatoms. The highest BCUT2D eigenvalue weighted by Crippen LogP contribution is 2.27. The van der Waals surface area contributed by atoms with Crippen molar-refractivity contribution in [2.45, 2.75) is 38.3 Å². The second-order valence-electron chi connectivity index (χ2n) is 6.28. The highest BCUT2D eigenvalue weighted by molar-refractivity contribution is 6.30. The van der Waals surface area contributed by atoms with Crippen LogP contribution in [0.2, 0.25) is 5.02 Å². The van der Waals surface area contributed by atoms with E-state index in [1.165, 1.54) is 6.07 Å². The lowest BCUT2D eigenvalue weighted by Gasteiger charge is -2.29. The standard InChI is InChI=1S/C17H24ClFN2O2.ClH/c1-12(13-5-6-16(19)15(18)10-13)21-8-3-4-14(7-9-21)20(2)11-17(22)23;/h5-6,10,12,14H,3-4,7-9,11H2,1-2H3,(H,22,23);1H. The number of nitrogens with zero attached hydrogens (tertiary/aromatic N) is 2. The number of carboxylic acids is 1. The Morgan fingerprint density at radius 1 is 1.46 bits per heavy atom. The third-order valence-electron chi connectivity index (χ3n) is 4.71. The molecular weight excluding hydrogens is 354 g/mol. The molecule has 0 aromatic heterocycles. The molecule has 1 aromatic carbocycles. The molecule has 1 aliphatic heterocycles. The van der Waals surface area contributed by atoms with E-state index in [9.17, 15) is 9.18 Å². The molecule has 0 aliphatic carbocycles. The lowest BCUT2D eigenvalue weighted by molar-refractivity contribution is -0.138. The second kappa shape index (κ2) is 9.56. The van der Waals surface area contributed by atoms with E-state index in [2.05, 4.69) is 11.8 Å². The minimum atomic E-state index is -0.789. The van der Waals surface area contributed by atoms with Gasteiger partial charge in [-0.1, -0.05) is 17.7 Å². The van der Waals surface area contributed by atoms with Crippen molar-refractivity contribution in [3.8, 4) is 0 Å². The van der Waals surface area contributed by atoms with Crippen LogP contribution in [-0.2, 0) is 4.79 Å². The van der Waals surface area contributed by atoms with Crippen molar-refractivity contribution < 1.29 is 14.3 Å². The van der Waals surface area contributed by atoms with Crippen LogP contribution in [0.3, 0.4) is 0 Å². The van der Waals surface area contributed by atoms with Crippen molar-refractivity contribution in [2.75, 3.05) is 26.7 Å². The fraction of sp³-hybridized carbons (Fsp3) is 0.588. The van der Waals surface area contributed by atoms with E-state index < -0.39 is 11.8 Å². The Kier molecular flexibility index (Phi) is 8.43. The lowest BCUT2D eigenvalue weighted by Crippen LogP contribution is -2.36. The zero-order valence-electron chi connectivity index (χ0n) is 14.0. The van der Waals surface area contributed by atoms with Crippen LogP contribution in [0.1, 0.15) is 37.8 Å². The number of aliphatic carboxylic acids is 1. The molecular formula is C17H25Cl2FN2O2. The molecule has 0 spiro atoms. The van der Waals surface area contributed by atoms with Crippen molar-refractivity contribution in [1.82, 2.24) is 9.80 Å². The molecule has 4 nitrogen and oxygen atoms in total. The molecule has 1 aromatic rings. The number of hydrogen-bond acceptors (Lipinski definition) is 3. The molecule has 2 unspecified atom stereocenters. The first kappa shape index (κ1) is 21.2. The second-order valence-corrected chi connectivity index (χ2v) is 6.69. The first-order valence-electron chi connectivity index (χ1n) is 7.99. The summed E-state index contributed by atoms with van der Waals surface area (Å²) in [5.74, 6) is -1.18. The number of benzene rings is 1. The van der Waals surface area contributed by atoms with Gasteiger partial charge < -0.3 is 5.11 Å². The molecule has 136 valence electrons. The number of hydrogen-bond donors (Lipinski definition) is 1. The van der Waals surface area contributed by atoms with Crippen LogP contribution >= 0.6 is 24.0 Å². The first-order valence-corrected chi connectivity index (χ1v) is 8.37. The quantitative estimate of drug-likeness (QED) is 0.845. The van der Waals surface area contributed by atoms with Gasteiger partial charge in [0.15, 0.2) is 0 Å². The topological polar surface area (TPSA) is 43.8 Å². The summed E-state index contributed by atoms with van der Waals surface area (Å²) in [6.07, 6.45) is 2.95. The summed E-state index contributed by atoms with van der Waals surface area (Å²) >= 11 is 5.89. The van der Waals surface area contributed by atoms with E-state index in [0.717, 1.165) is 37.9 Å². The number of likely N-dealkylation sites (tertiary alicyclic amines) is 1. The summed E-state index contributed by atoms with van der Waals surface area (Å²) in [5, 5.41) is 9.08. The summed E-state index contributed by atoms with van der Waals surface area (Å²) in [6, 6.07) is 5.34. The van der Waals surface area contributed by atoms with Crippen molar-refractivity contribution in [3.63, 3.8) is 0 Å². The van der Waals surface area contributed by atoms with Crippen LogP contribution in [0.25, 0.3) is 0 Å². The van der Waals surface area contributed by atoms with Crippen molar-refractivity contribution in [2.24, 2.45) is 0 Å². The summed E-state index contributed by atoms with van der Waals surface area (Å²) < 4.78 is 13.3. The van der Waals surface area contributed by atoms with E-state index >= 15 is 0 Å². The summed E-state index contributed by atoms with van der Waals surface area (Å²) in [4.78, 5) is 15.1. The maximum atomic E-state index is 13.3. The Hall–Kier alpha value is -0.880. The Morgan fingerprint density at radius 3 is 2.79 bits per heavy atom. The van der Waals surface area contributed by atoms with Crippen LogP contribution in [0.15, 0.2) is 18.2 Å². The Balaban J connectivity index is 0.00000288. The van der Waals surface area contributed by atoms with E-state index in [1.54, 1.807) is 12.1 Å². The molecule has 1 N–H and O–H groups in total. The van der Waals surface area contributed by atoms with Gasteiger partial charge in [-0.2, -0.15) is 0 Å². The summed E-state index contributed by atoms with van der Waals surface area (Å²) in [7, 11) is 1.87. The molecule has 2 rings (SSSR count). The zero-order valence-corrected chi connectivity index (χ0v) is 15.6. The molecule has 0 amide bonds. The van der Waals surface area contributed by atoms with E-state index in [4.69, 9.17) is 16.7 Å². The monoisotopic (exact) mass is 378 g/mol. The number of likely N-dealkylation sites (N-methyl/N-ethyl adjacent to an activating group) is 1. The molecule has 0 bridgehead atoms. The van der Waals surface area contributed by atoms with Gasteiger partial charge in [-0.25, -0.2) is 4.39 Å². The third-order valence-corrected chi connectivity index (χ3v) is 5.00. The summed E-state index contributed by atoms with van der Waals surface area (Å²) in [5.41, 5.74) is 1.01. The lowest BCUT2D eigenvalue weighted by atomic mass is 10.1. The number of rotatable bonds is 5. The SMILES string of the molecule is CC(c1ccc(F)c(Cl)c1)N1CCCC(N(C)CC(=O)O)CC1.Cl. The van der Waals surface area contributed by atoms with Gasteiger partial charge in [-0.15, -0.1) is 12.4 Å². The molecule has 0 radical (unpaired) electrons. The van der Waals surface area contributed by atoms with E-state index in [0.29, 0.717) is 6.04 Å². The fourth-order valence-corrected chi connectivity index (χ4v) is 3.44. The van der Waals surface area contributed by atoms with Crippen LogP contribution < -0.4 is 0 Å². The zero-order chi connectivity index (χ0) is 17.0. The molecule has 2 atom stereocenters. The van der Waals surface area contributed by atoms with Crippen LogP contribution in [0, 0.1) is 5.82 Å². The maximum absolute atomic E-state index is 13.3. The smallest absolute Gasteiger partial charge is 0.317 e. The van der Waals surface area contributed by atoms with Gasteiger partial charge in [0.25, 0.3) is 0 Å². The average molecular weight is 379 g/mol. The van der Waals surface area contributed by atoms with Crippen molar-refractivity contribution in [1.29, 1.82) is 0 Å². The maximum Gasteiger partial charge on any atom is 0.317 e. The van der Waals surface area contributed by atoms with Gasteiger partial charge in [0.1, 0.15) is 5.82 Å². The highest BCUT2D eigenvalue weighted by atomic mass is 35.5. The van der Waals surface area contributed by atoms with Gasteiger partial charge in [-0.05, 0) is 57.5 Å². The molecule has 1 heterocycles. The Bertz CT molecular complexity index is 559. The molecule has 0 saturated carbocycles. The third kappa shape index (κ3) is 5.59. The van der Waals surface area contributed by atoms with E-state index in [1.807, 2.05) is 11.9 Å². The van der Waals surface area contributed by atoms with Gasteiger partial charge >= 0.3 is 5.97 Å². The van der Waals surface area contributed by atoms with Crippen molar-refractivity contribution >= 4 is 30.0 Å². The van der Waals surface area contributed by atoms with Crippen LogP contribution in [0.5, 0.6) is 0 Å². The van der Waals surface area contributed by atoms with Crippen LogP contribution in [0.4, 0.5) is 4.39 Å². The molecule has 1 aliphatic rings. The number of halogens is 3.